The molecule has 0 unspecified atom stereocenters. The van der Waals surface area contributed by atoms with Crippen molar-refractivity contribution in [2.24, 2.45) is 5.73 Å². The summed E-state index contributed by atoms with van der Waals surface area (Å²) < 4.78 is 12.8. The Hall–Kier alpha value is -1.75. The van der Waals surface area contributed by atoms with Crippen molar-refractivity contribution in [2.45, 2.75) is 26.3 Å². The number of imidazole rings is 1. The minimum atomic E-state index is 0.343. The first kappa shape index (κ1) is 13.7. The van der Waals surface area contributed by atoms with Crippen LogP contribution in [0.5, 0.6) is 11.5 Å². The Labute approximate surface area is 113 Å². The smallest absolute Gasteiger partial charge is 0.163 e. The van der Waals surface area contributed by atoms with Crippen LogP contribution < -0.4 is 15.2 Å². The number of benzene rings is 1. The molecule has 1 aromatic heterocycles. The first-order chi connectivity index (χ1) is 9.12. The highest BCUT2D eigenvalue weighted by atomic mass is 16.5. The number of rotatable bonds is 5. The maximum Gasteiger partial charge on any atom is 0.163 e. The van der Waals surface area contributed by atoms with Gasteiger partial charge in [0.25, 0.3) is 0 Å². The third-order valence-corrected chi connectivity index (χ3v) is 3.15. The van der Waals surface area contributed by atoms with E-state index >= 15 is 0 Å². The summed E-state index contributed by atoms with van der Waals surface area (Å²) in [7, 11) is 3.26. The Balaban J connectivity index is 2.69. The molecule has 0 aliphatic heterocycles. The number of nitrogens with two attached hydrogens (primary N) is 1. The molecule has 0 amide bonds. The molecule has 0 aliphatic rings. The van der Waals surface area contributed by atoms with Crippen LogP contribution >= 0.6 is 0 Å². The third-order valence-electron chi connectivity index (χ3n) is 3.15. The van der Waals surface area contributed by atoms with Gasteiger partial charge in [0.05, 0.1) is 25.3 Å². The zero-order chi connectivity index (χ0) is 14.0. The fourth-order valence-corrected chi connectivity index (χ4v) is 2.28. The SMILES string of the molecule is COc1cc2nc(C(C)C)n(CCN)c2cc1OC. The maximum absolute atomic E-state index is 5.70. The van der Waals surface area contributed by atoms with Gasteiger partial charge in [-0.05, 0) is 0 Å². The molecule has 5 nitrogen and oxygen atoms in total. The van der Waals surface area contributed by atoms with Crippen LogP contribution in [0.2, 0.25) is 0 Å². The molecule has 0 fully saturated rings. The van der Waals surface area contributed by atoms with E-state index in [0.717, 1.165) is 23.4 Å². The van der Waals surface area contributed by atoms with Gasteiger partial charge >= 0.3 is 0 Å². The number of hydrogen-bond donors (Lipinski definition) is 1. The van der Waals surface area contributed by atoms with Crippen molar-refractivity contribution < 1.29 is 9.47 Å². The molecular weight excluding hydrogens is 242 g/mol. The topological polar surface area (TPSA) is 62.3 Å². The molecule has 2 aromatic rings. The highest BCUT2D eigenvalue weighted by Gasteiger charge is 2.16. The highest BCUT2D eigenvalue weighted by Crippen LogP contribution is 2.33. The molecule has 0 saturated heterocycles. The lowest BCUT2D eigenvalue weighted by atomic mass is 10.2. The average Bonchev–Trinajstić information content (AvgIpc) is 2.76. The van der Waals surface area contributed by atoms with Crippen LogP contribution in [0.1, 0.15) is 25.6 Å². The summed E-state index contributed by atoms with van der Waals surface area (Å²) in [6, 6.07) is 3.87. The van der Waals surface area contributed by atoms with Crippen molar-refractivity contribution in [1.29, 1.82) is 0 Å². The van der Waals surface area contributed by atoms with E-state index in [2.05, 4.69) is 23.4 Å². The Morgan fingerprint density at radius 1 is 1.21 bits per heavy atom. The first-order valence-electron chi connectivity index (χ1n) is 6.44. The zero-order valence-electron chi connectivity index (χ0n) is 11.9. The van der Waals surface area contributed by atoms with E-state index in [1.54, 1.807) is 14.2 Å². The normalized spacial score (nSPS) is 11.3. The summed E-state index contributed by atoms with van der Waals surface area (Å²) in [4.78, 5) is 4.69. The first-order valence-corrected chi connectivity index (χ1v) is 6.44. The van der Waals surface area contributed by atoms with E-state index in [9.17, 15) is 0 Å². The largest absolute Gasteiger partial charge is 0.493 e. The lowest BCUT2D eigenvalue weighted by Gasteiger charge is -2.11. The number of nitrogens with zero attached hydrogens (tertiary/aromatic N) is 2. The Morgan fingerprint density at radius 3 is 2.37 bits per heavy atom. The van der Waals surface area contributed by atoms with Crippen LogP contribution in [-0.4, -0.2) is 30.3 Å². The van der Waals surface area contributed by atoms with Gasteiger partial charge in [-0.1, -0.05) is 13.8 Å². The molecule has 0 bridgehead atoms. The molecule has 0 spiro atoms. The van der Waals surface area contributed by atoms with Crippen molar-refractivity contribution in [3.05, 3.63) is 18.0 Å². The monoisotopic (exact) mass is 263 g/mol. The molecule has 19 heavy (non-hydrogen) atoms. The van der Waals surface area contributed by atoms with Gasteiger partial charge in [-0.15, -0.1) is 0 Å². The summed E-state index contributed by atoms with van der Waals surface area (Å²) in [5.74, 6) is 2.79. The van der Waals surface area contributed by atoms with Gasteiger partial charge < -0.3 is 19.8 Å². The predicted molar refractivity (Wildman–Crippen MR) is 76.0 cm³/mol. The summed E-state index contributed by atoms with van der Waals surface area (Å²) in [6.45, 7) is 5.59. The molecule has 1 aromatic carbocycles. The van der Waals surface area contributed by atoms with Crippen molar-refractivity contribution in [1.82, 2.24) is 9.55 Å². The molecule has 0 aliphatic carbocycles. The van der Waals surface area contributed by atoms with Crippen molar-refractivity contribution in [3.8, 4) is 11.5 Å². The third kappa shape index (κ3) is 2.38. The molecule has 0 atom stereocenters. The van der Waals surface area contributed by atoms with Gasteiger partial charge in [0.15, 0.2) is 11.5 Å². The second-order valence-electron chi connectivity index (χ2n) is 4.76. The van der Waals surface area contributed by atoms with Crippen LogP contribution in [0.15, 0.2) is 12.1 Å². The average molecular weight is 263 g/mol. The molecular formula is C14H21N3O2. The summed E-state index contributed by atoms with van der Waals surface area (Å²) in [5.41, 5.74) is 7.65. The number of hydrogen-bond acceptors (Lipinski definition) is 4. The van der Waals surface area contributed by atoms with Gasteiger partial charge in [-0.2, -0.15) is 0 Å². The number of methoxy groups -OCH3 is 2. The Bertz CT molecular complexity index is 576. The van der Waals surface area contributed by atoms with Crippen LogP contribution in [0, 0.1) is 0 Å². The zero-order valence-corrected chi connectivity index (χ0v) is 11.9. The van der Waals surface area contributed by atoms with E-state index in [1.807, 2.05) is 12.1 Å². The minimum Gasteiger partial charge on any atom is -0.493 e. The van der Waals surface area contributed by atoms with Crippen LogP contribution in [0.25, 0.3) is 11.0 Å². The molecule has 0 saturated carbocycles. The lowest BCUT2D eigenvalue weighted by Crippen LogP contribution is -2.13. The Kier molecular flexibility index (Phi) is 3.95. The lowest BCUT2D eigenvalue weighted by molar-refractivity contribution is 0.355. The molecule has 2 rings (SSSR count). The maximum atomic E-state index is 5.70. The fourth-order valence-electron chi connectivity index (χ4n) is 2.28. The minimum absolute atomic E-state index is 0.343. The van der Waals surface area contributed by atoms with Gasteiger partial charge in [-0.25, -0.2) is 4.98 Å². The van der Waals surface area contributed by atoms with E-state index < -0.39 is 0 Å². The van der Waals surface area contributed by atoms with Crippen molar-refractivity contribution >= 4 is 11.0 Å². The van der Waals surface area contributed by atoms with Gasteiger partial charge in [-0.3, -0.25) is 0 Å². The second-order valence-corrected chi connectivity index (χ2v) is 4.76. The fraction of sp³-hybridized carbons (Fsp3) is 0.500. The molecule has 0 radical (unpaired) electrons. The molecule has 5 heteroatoms. The van der Waals surface area contributed by atoms with Gasteiger partial charge in [0, 0.05) is 31.1 Å². The predicted octanol–water partition coefficient (Wildman–Crippen LogP) is 2.14. The summed E-state index contributed by atoms with van der Waals surface area (Å²) >= 11 is 0. The van der Waals surface area contributed by atoms with Crippen molar-refractivity contribution in [2.75, 3.05) is 20.8 Å². The summed E-state index contributed by atoms with van der Waals surface area (Å²) in [6.07, 6.45) is 0. The molecule has 2 N–H and O–H groups in total. The number of fused-ring (bicyclic) bond motifs is 1. The van der Waals surface area contributed by atoms with Gasteiger partial charge in [0.2, 0.25) is 0 Å². The molecule has 104 valence electrons. The van der Waals surface area contributed by atoms with Crippen LogP contribution in [0.4, 0.5) is 0 Å². The quantitative estimate of drug-likeness (QED) is 0.897. The van der Waals surface area contributed by atoms with Crippen LogP contribution in [-0.2, 0) is 6.54 Å². The summed E-state index contributed by atoms with van der Waals surface area (Å²) in [5, 5.41) is 0. The van der Waals surface area contributed by atoms with Crippen LogP contribution in [0.3, 0.4) is 0 Å². The second kappa shape index (κ2) is 5.48. The highest BCUT2D eigenvalue weighted by molar-refractivity contribution is 5.80. The van der Waals surface area contributed by atoms with Gasteiger partial charge in [0.1, 0.15) is 5.82 Å². The van der Waals surface area contributed by atoms with E-state index in [4.69, 9.17) is 15.2 Å². The van der Waals surface area contributed by atoms with Crippen molar-refractivity contribution in [3.63, 3.8) is 0 Å². The number of aromatic nitrogens is 2. The van der Waals surface area contributed by atoms with E-state index in [0.29, 0.717) is 24.0 Å². The van der Waals surface area contributed by atoms with E-state index in [-0.39, 0.29) is 0 Å². The standard InChI is InChI=1S/C14H21N3O2/c1-9(2)14-16-10-7-12(18-3)13(19-4)8-11(10)17(14)6-5-15/h7-9H,5-6,15H2,1-4H3. The van der Waals surface area contributed by atoms with E-state index in [1.165, 1.54) is 0 Å². The molecule has 1 heterocycles. The number of ether oxygens (including phenoxy) is 2. The Morgan fingerprint density at radius 2 is 1.84 bits per heavy atom.